The summed E-state index contributed by atoms with van der Waals surface area (Å²) in [4.78, 5) is 17.9. The Balaban J connectivity index is 0.00000364. The molecule has 1 heterocycles. The van der Waals surface area contributed by atoms with Gasteiger partial charge in [0.25, 0.3) is 0 Å². The van der Waals surface area contributed by atoms with E-state index in [1.807, 2.05) is 31.3 Å². The first-order valence-corrected chi connectivity index (χ1v) is 9.44. The van der Waals surface area contributed by atoms with E-state index >= 15 is 0 Å². The molecule has 27 heavy (non-hydrogen) atoms. The number of anilines is 1. The summed E-state index contributed by atoms with van der Waals surface area (Å²) in [5, 5.41) is 6.14. The largest absolute Gasteiger partial charge is 0.492 e. The normalized spacial score (nSPS) is 16.9. The first-order valence-electron chi connectivity index (χ1n) is 9.44. The predicted molar refractivity (Wildman–Crippen MR) is 122 cm³/mol. The fourth-order valence-corrected chi connectivity index (χ4v) is 3.41. The zero-order chi connectivity index (χ0) is 18.9. The number of rotatable bonds is 7. The van der Waals surface area contributed by atoms with Gasteiger partial charge in [0.2, 0.25) is 5.91 Å². The Morgan fingerprint density at radius 1 is 1.41 bits per heavy atom. The van der Waals surface area contributed by atoms with Gasteiger partial charge in [-0.1, -0.05) is 19.9 Å². The van der Waals surface area contributed by atoms with Crippen LogP contribution in [0.2, 0.25) is 0 Å². The van der Waals surface area contributed by atoms with Crippen LogP contribution >= 0.6 is 24.0 Å². The summed E-state index contributed by atoms with van der Waals surface area (Å²) in [5.74, 6) is 3.12. The molecule has 0 spiro atoms. The van der Waals surface area contributed by atoms with Crippen molar-refractivity contribution in [3.05, 3.63) is 24.3 Å². The number of likely N-dealkylation sites (tertiary alicyclic amines) is 1. The minimum absolute atomic E-state index is 0. The van der Waals surface area contributed by atoms with E-state index in [0.717, 1.165) is 42.3 Å². The van der Waals surface area contributed by atoms with Gasteiger partial charge >= 0.3 is 0 Å². The maximum absolute atomic E-state index is 11.1. The Kier molecular flexibility index (Phi) is 10.5. The third-order valence-electron chi connectivity index (χ3n) is 4.41. The molecule has 1 saturated heterocycles. The monoisotopic (exact) mass is 488 g/mol. The molecule has 1 aliphatic rings. The topological polar surface area (TPSA) is 66.0 Å². The van der Waals surface area contributed by atoms with Crippen molar-refractivity contribution >= 4 is 41.5 Å². The Labute approximate surface area is 180 Å². The summed E-state index contributed by atoms with van der Waals surface area (Å²) in [6.07, 6.45) is 2.52. The van der Waals surface area contributed by atoms with E-state index in [2.05, 4.69) is 34.4 Å². The molecule has 1 aromatic carbocycles. The van der Waals surface area contributed by atoms with Crippen LogP contribution in [0.3, 0.4) is 0 Å². The molecule has 1 amide bonds. The third kappa shape index (κ3) is 8.36. The van der Waals surface area contributed by atoms with Crippen LogP contribution < -0.4 is 15.4 Å². The first kappa shape index (κ1) is 23.5. The number of carbonyl (C=O) groups excluding carboxylic acids is 1. The summed E-state index contributed by atoms with van der Waals surface area (Å²) in [6.45, 7) is 9.43. The molecule has 0 aliphatic carbocycles. The summed E-state index contributed by atoms with van der Waals surface area (Å²) < 4.78 is 5.77. The molecule has 0 saturated carbocycles. The number of ether oxygens (including phenoxy) is 1. The number of benzene rings is 1. The van der Waals surface area contributed by atoms with Crippen LogP contribution in [0.25, 0.3) is 0 Å². The van der Waals surface area contributed by atoms with Gasteiger partial charge in [-0.25, -0.2) is 0 Å². The van der Waals surface area contributed by atoms with Crippen LogP contribution in [0.1, 0.15) is 33.6 Å². The number of amides is 1. The van der Waals surface area contributed by atoms with Gasteiger partial charge in [-0.15, -0.1) is 24.0 Å². The molecule has 2 rings (SSSR count). The van der Waals surface area contributed by atoms with Crippen molar-refractivity contribution in [1.82, 2.24) is 10.2 Å². The van der Waals surface area contributed by atoms with Gasteiger partial charge in [0, 0.05) is 38.8 Å². The van der Waals surface area contributed by atoms with E-state index in [9.17, 15) is 4.79 Å². The fraction of sp³-hybridized carbons (Fsp3) is 0.600. The highest BCUT2D eigenvalue weighted by molar-refractivity contribution is 14.0. The van der Waals surface area contributed by atoms with Gasteiger partial charge in [-0.05, 0) is 36.8 Å². The second-order valence-electron chi connectivity index (χ2n) is 7.26. The number of aliphatic imine (C=N–C) groups is 1. The lowest BCUT2D eigenvalue weighted by Gasteiger charge is -2.22. The molecule has 0 aromatic heterocycles. The van der Waals surface area contributed by atoms with Crippen molar-refractivity contribution in [2.75, 3.05) is 38.6 Å². The second-order valence-corrected chi connectivity index (χ2v) is 7.26. The Morgan fingerprint density at radius 3 is 2.85 bits per heavy atom. The lowest BCUT2D eigenvalue weighted by Crippen LogP contribution is -2.41. The van der Waals surface area contributed by atoms with Crippen LogP contribution in [0.15, 0.2) is 29.3 Å². The highest BCUT2D eigenvalue weighted by atomic mass is 127. The van der Waals surface area contributed by atoms with Crippen LogP contribution in [0, 0.1) is 11.8 Å². The molecule has 7 heteroatoms. The molecule has 1 aliphatic heterocycles. The zero-order valence-corrected chi connectivity index (χ0v) is 19.2. The van der Waals surface area contributed by atoms with E-state index in [0.29, 0.717) is 13.2 Å². The van der Waals surface area contributed by atoms with Gasteiger partial charge in [-0.3, -0.25) is 9.79 Å². The number of hydrogen-bond donors (Lipinski definition) is 2. The number of guanidine groups is 1. The Hall–Kier alpha value is -1.51. The smallest absolute Gasteiger partial charge is 0.221 e. The van der Waals surface area contributed by atoms with Crippen molar-refractivity contribution < 1.29 is 9.53 Å². The Morgan fingerprint density at radius 2 is 2.19 bits per heavy atom. The van der Waals surface area contributed by atoms with Gasteiger partial charge in [0.1, 0.15) is 12.4 Å². The van der Waals surface area contributed by atoms with Gasteiger partial charge in [-0.2, -0.15) is 0 Å². The van der Waals surface area contributed by atoms with Gasteiger partial charge in [0.05, 0.1) is 6.54 Å². The minimum atomic E-state index is -0.0889. The molecule has 0 bridgehead atoms. The fourth-order valence-electron chi connectivity index (χ4n) is 3.41. The van der Waals surface area contributed by atoms with E-state index in [4.69, 9.17) is 4.74 Å². The standard InChI is InChI=1S/C20H32N4O2.HI/c1-15(2)12-17-8-10-24(14-17)20(21-4)22-9-11-26-19-7-5-6-18(13-19)23-16(3)25;/h5-7,13,15,17H,8-12,14H2,1-4H3,(H,21,22)(H,23,25);1H. The highest BCUT2D eigenvalue weighted by Gasteiger charge is 2.25. The number of halogens is 1. The average molecular weight is 488 g/mol. The van der Waals surface area contributed by atoms with Crippen molar-refractivity contribution in [3.8, 4) is 5.75 Å². The lowest BCUT2D eigenvalue weighted by atomic mass is 9.97. The molecule has 152 valence electrons. The zero-order valence-electron chi connectivity index (χ0n) is 16.8. The van der Waals surface area contributed by atoms with Crippen molar-refractivity contribution in [2.24, 2.45) is 16.8 Å². The summed E-state index contributed by atoms with van der Waals surface area (Å²) in [7, 11) is 1.83. The lowest BCUT2D eigenvalue weighted by molar-refractivity contribution is -0.114. The molecule has 1 aromatic rings. The quantitative estimate of drug-likeness (QED) is 0.267. The SMILES string of the molecule is CN=C(NCCOc1cccc(NC(C)=O)c1)N1CCC(CC(C)C)C1.I. The summed E-state index contributed by atoms with van der Waals surface area (Å²) in [5.41, 5.74) is 0.743. The van der Waals surface area contributed by atoms with Gasteiger partial charge in [0.15, 0.2) is 5.96 Å². The number of nitrogens with zero attached hydrogens (tertiary/aromatic N) is 2. The van der Waals surface area contributed by atoms with E-state index in [-0.39, 0.29) is 29.9 Å². The van der Waals surface area contributed by atoms with Gasteiger partial charge < -0.3 is 20.3 Å². The Bertz CT molecular complexity index is 622. The molecule has 0 radical (unpaired) electrons. The van der Waals surface area contributed by atoms with Crippen molar-refractivity contribution in [2.45, 2.75) is 33.6 Å². The van der Waals surface area contributed by atoms with E-state index < -0.39 is 0 Å². The first-order chi connectivity index (χ1) is 12.5. The molecular formula is C20H33IN4O2. The molecule has 1 atom stereocenters. The maximum Gasteiger partial charge on any atom is 0.221 e. The maximum atomic E-state index is 11.1. The van der Waals surface area contributed by atoms with Crippen molar-refractivity contribution in [3.63, 3.8) is 0 Å². The highest BCUT2D eigenvalue weighted by Crippen LogP contribution is 2.23. The molecular weight excluding hydrogens is 455 g/mol. The van der Waals surface area contributed by atoms with E-state index in [1.165, 1.54) is 19.8 Å². The summed E-state index contributed by atoms with van der Waals surface area (Å²) >= 11 is 0. The average Bonchev–Trinajstić information content (AvgIpc) is 3.02. The van der Waals surface area contributed by atoms with Crippen LogP contribution in [0.4, 0.5) is 5.69 Å². The number of carbonyl (C=O) groups is 1. The number of nitrogens with one attached hydrogen (secondary N) is 2. The van der Waals surface area contributed by atoms with Crippen LogP contribution in [-0.4, -0.2) is 50.1 Å². The van der Waals surface area contributed by atoms with Crippen molar-refractivity contribution in [1.29, 1.82) is 0 Å². The van der Waals surface area contributed by atoms with E-state index in [1.54, 1.807) is 0 Å². The van der Waals surface area contributed by atoms with Crippen LogP contribution in [0.5, 0.6) is 5.75 Å². The second kappa shape index (κ2) is 12.0. The molecule has 1 unspecified atom stereocenters. The molecule has 6 nitrogen and oxygen atoms in total. The summed E-state index contributed by atoms with van der Waals surface area (Å²) in [6, 6.07) is 7.42. The molecule has 2 N–H and O–H groups in total. The number of hydrogen-bond acceptors (Lipinski definition) is 3. The third-order valence-corrected chi connectivity index (χ3v) is 4.41. The van der Waals surface area contributed by atoms with Crippen LogP contribution in [-0.2, 0) is 4.79 Å². The molecule has 1 fully saturated rings. The predicted octanol–water partition coefficient (Wildman–Crippen LogP) is 3.59. The minimum Gasteiger partial charge on any atom is -0.492 e.